The predicted octanol–water partition coefficient (Wildman–Crippen LogP) is 16.1. The fourth-order valence-electron chi connectivity index (χ4n) is 7.04. The summed E-state index contributed by atoms with van der Waals surface area (Å²) >= 11 is 0. The van der Waals surface area contributed by atoms with E-state index >= 15 is 0 Å². The normalized spacial score (nSPS) is 12.3. The van der Waals surface area contributed by atoms with Crippen molar-refractivity contribution in [3.05, 3.63) is 36.5 Å². The lowest BCUT2D eigenvalue weighted by Gasteiger charge is -2.18. The molecule has 0 spiro atoms. The Hall–Kier alpha value is -2.37. The minimum atomic E-state index is -0.772. The minimum absolute atomic E-state index is 0.0745. The Bertz CT molecular complexity index is 984. The second kappa shape index (κ2) is 47.3. The van der Waals surface area contributed by atoms with Gasteiger partial charge >= 0.3 is 17.9 Å². The number of esters is 3. The number of rotatable bonds is 45. The van der Waals surface area contributed by atoms with Gasteiger partial charge in [0.1, 0.15) is 13.2 Å². The van der Waals surface area contributed by atoms with Gasteiger partial charge in [-0.15, -0.1) is 0 Å². The number of carbonyl (C=O) groups is 3. The van der Waals surface area contributed by atoms with Crippen LogP contribution in [-0.4, -0.2) is 37.2 Å². The highest BCUT2D eigenvalue weighted by molar-refractivity contribution is 5.71. The van der Waals surface area contributed by atoms with Crippen molar-refractivity contribution in [3.63, 3.8) is 0 Å². The number of unbranched alkanes of at least 4 members (excludes halogenated alkanes) is 28. The largest absolute Gasteiger partial charge is 0.462 e. The summed E-state index contributed by atoms with van der Waals surface area (Å²) in [6.45, 7) is 6.56. The van der Waals surface area contributed by atoms with Crippen LogP contribution in [0.25, 0.3) is 0 Å². The maximum atomic E-state index is 12.7. The molecule has 0 aromatic rings. The van der Waals surface area contributed by atoms with Gasteiger partial charge in [-0.05, 0) is 70.6 Å². The summed E-state index contributed by atoms with van der Waals surface area (Å²) in [7, 11) is 0. The van der Waals surface area contributed by atoms with Crippen LogP contribution in [0.1, 0.15) is 258 Å². The molecule has 0 N–H and O–H groups in total. The van der Waals surface area contributed by atoms with Crippen LogP contribution in [0.15, 0.2) is 36.5 Å². The molecule has 0 saturated heterocycles. The van der Waals surface area contributed by atoms with Crippen LogP contribution >= 0.6 is 0 Å². The molecule has 0 bridgehead atoms. The summed E-state index contributed by atoms with van der Waals surface area (Å²) in [5.74, 6) is -0.884. The van der Waals surface area contributed by atoms with E-state index in [0.29, 0.717) is 19.3 Å². The average Bonchev–Trinajstić information content (AvgIpc) is 3.22. The fourth-order valence-corrected chi connectivity index (χ4v) is 7.04. The zero-order valence-corrected chi connectivity index (χ0v) is 38.6. The molecule has 0 aliphatic rings. The van der Waals surface area contributed by atoms with Gasteiger partial charge in [-0.1, -0.05) is 205 Å². The molecule has 58 heavy (non-hydrogen) atoms. The number of ether oxygens (including phenoxy) is 3. The van der Waals surface area contributed by atoms with E-state index < -0.39 is 6.10 Å². The molecule has 0 rings (SSSR count). The van der Waals surface area contributed by atoms with Gasteiger partial charge < -0.3 is 14.2 Å². The average molecular weight is 815 g/mol. The summed E-state index contributed by atoms with van der Waals surface area (Å²) < 4.78 is 16.7. The van der Waals surface area contributed by atoms with Crippen molar-refractivity contribution in [1.82, 2.24) is 0 Å². The molecule has 338 valence electrons. The molecular weight excluding hydrogens is 721 g/mol. The summed E-state index contributed by atoms with van der Waals surface area (Å²) in [4.78, 5) is 37.8. The number of carbonyl (C=O) groups excluding carboxylic acids is 3. The van der Waals surface area contributed by atoms with Crippen molar-refractivity contribution in [2.24, 2.45) is 0 Å². The topological polar surface area (TPSA) is 78.9 Å². The van der Waals surface area contributed by atoms with Crippen LogP contribution in [0.2, 0.25) is 0 Å². The second-order valence-electron chi connectivity index (χ2n) is 16.7. The molecule has 0 saturated carbocycles. The molecule has 0 aliphatic heterocycles. The molecule has 1 unspecified atom stereocenters. The van der Waals surface area contributed by atoms with Gasteiger partial charge in [0.05, 0.1) is 0 Å². The highest BCUT2D eigenvalue weighted by atomic mass is 16.6. The van der Waals surface area contributed by atoms with Crippen LogP contribution in [0.5, 0.6) is 0 Å². The van der Waals surface area contributed by atoms with E-state index in [1.807, 2.05) is 0 Å². The standard InChI is InChI=1S/C52H94O6/c1-4-7-10-13-16-19-22-23-24-25-26-27-28-29-31-33-36-39-42-45-51(54)57-48-49(47-56-50(53)44-41-38-35-32-21-18-15-12-9-6-3)58-52(55)46-43-40-37-34-30-20-17-14-11-8-5-2/h14,16-17,19,23-24,49H,4-13,15,18,20-22,25-48H2,1-3H3/b17-14-,19-16-,24-23-. The molecule has 0 aliphatic carbocycles. The Morgan fingerprint density at radius 2 is 0.638 bits per heavy atom. The monoisotopic (exact) mass is 815 g/mol. The first-order valence-electron chi connectivity index (χ1n) is 25.0. The molecule has 6 nitrogen and oxygen atoms in total. The SMILES string of the molecule is CCCC/C=C\CCCCCCCC(=O)OC(COC(=O)CCCCCCCCCCCC)COC(=O)CCCCCCCCCCC/C=C\C/C=C\CCCCC. The van der Waals surface area contributed by atoms with Crippen LogP contribution in [0.3, 0.4) is 0 Å². The Morgan fingerprint density at radius 1 is 0.345 bits per heavy atom. The molecular formula is C52H94O6. The molecule has 0 amide bonds. The van der Waals surface area contributed by atoms with Crippen molar-refractivity contribution in [2.45, 2.75) is 264 Å². The third kappa shape index (κ3) is 44.7. The van der Waals surface area contributed by atoms with Crippen LogP contribution in [-0.2, 0) is 28.6 Å². The van der Waals surface area contributed by atoms with E-state index in [1.165, 1.54) is 141 Å². The predicted molar refractivity (Wildman–Crippen MR) is 247 cm³/mol. The molecule has 0 fully saturated rings. The molecule has 0 heterocycles. The summed E-state index contributed by atoms with van der Waals surface area (Å²) in [5, 5.41) is 0. The second-order valence-corrected chi connectivity index (χ2v) is 16.7. The Kier molecular flexibility index (Phi) is 45.4. The zero-order valence-electron chi connectivity index (χ0n) is 38.6. The van der Waals surface area contributed by atoms with Crippen molar-refractivity contribution in [3.8, 4) is 0 Å². The molecule has 0 radical (unpaired) electrons. The van der Waals surface area contributed by atoms with Crippen molar-refractivity contribution in [1.29, 1.82) is 0 Å². The quantitative estimate of drug-likeness (QED) is 0.0264. The third-order valence-electron chi connectivity index (χ3n) is 10.9. The van der Waals surface area contributed by atoms with Gasteiger partial charge in [-0.25, -0.2) is 0 Å². The zero-order chi connectivity index (χ0) is 42.3. The number of allylic oxidation sites excluding steroid dienone is 6. The smallest absolute Gasteiger partial charge is 0.306 e. The minimum Gasteiger partial charge on any atom is -0.462 e. The third-order valence-corrected chi connectivity index (χ3v) is 10.9. The summed E-state index contributed by atoms with van der Waals surface area (Å²) in [6, 6.07) is 0. The van der Waals surface area contributed by atoms with Crippen LogP contribution in [0, 0.1) is 0 Å². The Morgan fingerprint density at radius 3 is 1.05 bits per heavy atom. The van der Waals surface area contributed by atoms with Gasteiger partial charge in [0, 0.05) is 19.3 Å². The van der Waals surface area contributed by atoms with E-state index in [2.05, 4.69) is 57.2 Å². The van der Waals surface area contributed by atoms with Gasteiger partial charge in [-0.3, -0.25) is 14.4 Å². The van der Waals surface area contributed by atoms with Gasteiger partial charge in [0.15, 0.2) is 6.10 Å². The van der Waals surface area contributed by atoms with Crippen LogP contribution < -0.4 is 0 Å². The molecule has 0 aromatic carbocycles. The maximum absolute atomic E-state index is 12.7. The van der Waals surface area contributed by atoms with E-state index in [1.54, 1.807) is 0 Å². The van der Waals surface area contributed by atoms with E-state index in [9.17, 15) is 14.4 Å². The van der Waals surface area contributed by atoms with Crippen LogP contribution in [0.4, 0.5) is 0 Å². The van der Waals surface area contributed by atoms with E-state index in [0.717, 1.165) is 77.0 Å². The lowest BCUT2D eigenvalue weighted by atomic mass is 10.1. The molecule has 6 heteroatoms. The fraction of sp³-hybridized carbons (Fsp3) is 0.827. The lowest BCUT2D eigenvalue weighted by molar-refractivity contribution is -0.167. The van der Waals surface area contributed by atoms with Crippen molar-refractivity contribution < 1.29 is 28.6 Å². The first kappa shape index (κ1) is 55.6. The van der Waals surface area contributed by atoms with Crippen molar-refractivity contribution in [2.75, 3.05) is 13.2 Å². The Labute approximate surface area is 359 Å². The van der Waals surface area contributed by atoms with E-state index in [4.69, 9.17) is 14.2 Å². The highest BCUT2D eigenvalue weighted by Gasteiger charge is 2.19. The summed E-state index contributed by atoms with van der Waals surface area (Å²) in [6.07, 6.45) is 54.1. The Balaban J connectivity index is 4.28. The number of hydrogen-bond donors (Lipinski definition) is 0. The lowest BCUT2D eigenvalue weighted by Crippen LogP contribution is -2.30. The van der Waals surface area contributed by atoms with E-state index in [-0.39, 0.29) is 31.1 Å². The van der Waals surface area contributed by atoms with Crippen molar-refractivity contribution >= 4 is 17.9 Å². The highest BCUT2D eigenvalue weighted by Crippen LogP contribution is 2.15. The molecule has 1 atom stereocenters. The first-order chi connectivity index (χ1) is 28.5. The first-order valence-corrected chi connectivity index (χ1v) is 25.0. The van der Waals surface area contributed by atoms with Gasteiger partial charge in [-0.2, -0.15) is 0 Å². The number of hydrogen-bond acceptors (Lipinski definition) is 6. The summed E-state index contributed by atoms with van der Waals surface area (Å²) in [5.41, 5.74) is 0. The molecule has 0 aromatic heterocycles. The van der Waals surface area contributed by atoms with Gasteiger partial charge in [0.25, 0.3) is 0 Å². The van der Waals surface area contributed by atoms with Gasteiger partial charge in [0.2, 0.25) is 0 Å². The maximum Gasteiger partial charge on any atom is 0.306 e.